The Balaban J connectivity index is 4.57. The van der Waals surface area contributed by atoms with Gasteiger partial charge in [0.15, 0.2) is 0 Å². The zero-order valence-corrected chi connectivity index (χ0v) is 8.17. The van der Waals surface area contributed by atoms with Crippen molar-refractivity contribution in [2.24, 2.45) is 5.73 Å². The number of primary amides is 1. The summed E-state index contributed by atoms with van der Waals surface area (Å²) in [5, 5.41) is 0. The van der Waals surface area contributed by atoms with E-state index < -0.39 is 16.2 Å². The summed E-state index contributed by atoms with van der Waals surface area (Å²) < 4.78 is 25.1. The Kier molecular flexibility index (Phi) is 4.43. The van der Waals surface area contributed by atoms with E-state index in [-0.39, 0.29) is 13.1 Å². The van der Waals surface area contributed by atoms with Crippen molar-refractivity contribution in [3.63, 3.8) is 0 Å². The molecule has 2 amide bonds. The molecule has 0 rings (SSSR count). The molecule has 0 atom stereocenters. The first kappa shape index (κ1) is 11.9. The van der Waals surface area contributed by atoms with Crippen LogP contribution in [0.5, 0.6) is 0 Å². The molecule has 0 spiro atoms. The summed E-state index contributed by atoms with van der Waals surface area (Å²) in [6.45, 7) is 5.42. The first-order valence-corrected chi connectivity index (χ1v) is 5.06. The number of likely N-dealkylation sites (N-methyl/N-ethyl adjacent to an activating group) is 1. The van der Waals surface area contributed by atoms with Crippen LogP contribution >= 0.6 is 0 Å². The number of nitrogens with one attached hydrogen (secondary N) is 1. The van der Waals surface area contributed by atoms with E-state index in [0.717, 1.165) is 4.31 Å². The van der Waals surface area contributed by atoms with E-state index >= 15 is 0 Å². The van der Waals surface area contributed by atoms with Crippen molar-refractivity contribution < 1.29 is 13.2 Å². The van der Waals surface area contributed by atoms with Crippen molar-refractivity contribution in [3.05, 3.63) is 12.7 Å². The van der Waals surface area contributed by atoms with Crippen LogP contribution in [0.4, 0.5) is 4.79 Å². The van der Waals surface area contributed by atoms with E-state index in [1.54, 1.807) is 11.6 Å². The van der Waals surface area contributed by atoms with Gasteiger partial charge < -0.3 is 5.73 Å². The quantitative estimate of drug-likeness (QED) is 0.590. The number of nitrogens with two attached hydrogens (primary N) is 1. The Morgan fingerprint density at radius 1 is 1.69 bits per heavy atom. The van der Waals surface area contributed by atoms with E-state index in [2.05, 4.69) is 12.3 Å². The number of rotatable bonds is 5. The molecule has 0 radical (unpaired) electrons. The van der Waals surface area contributed by atoms with Crippen molar-refractivity contribution in [2.45, 2.75) is 6.92 Å². The lowest BCUT2D eigenvalue weighted by atomic mass is 10.6. The van der Waals surface area contributed by atoms with Gasteiger partial charge in [0.1, 0.15) is 0 Å². The van der Waals surface area contributed by atoms with E-state index in [1.807, 2.05) is 0 Å². The van der Waals surface area contributed by atoms with Crippen LogP contribution in [0.2, 0.25) is 0 Å². The SMILES string of the molecule is C=CCN(CC)S(=O)(=O)NC(N)=O. The summed E-state index contributed by atoms with van der Waals surface area (Å²) in [6.07, 6.45) is 1.42. The van der Waals surface area contributed by atoms with E-state index in [4.69, 9.17) is 0 Å². The zero-order valence-electron chi connectivity index (χ0n) is 7.36. The summed E-state index contributed by atoms with van der Waals surface area (Å²) in [4.78, 5) is 10.3. The lowest BCUT2D eigenvalue weighted by molar-refractivity contribution is 0.253. The predicted molar refractivity (Wildman–Crippen MR) is 49.1 cm³/mol. The third-order valence-corrected chi connectivity index (χ3v) is 2.80. The van der Waals surface area contributed by atoms with Gasteiger partial charge in [-0.05, 0) is 0 Å². The van der Waals surface area contributed by atoms with Crippen LogP contribution < -0.4 is 10.5 Å². The van der Waals surface area contributed by atoms with E-state index in [9.17, 15) is 13.2 Å². The molecular weight excluding hydrogens is 194 g/mol. The number of carbonyl (C=O) groups is 1. The zero-order chi connectivity index (χ0) is 10.5. The highest BCUT2D eigenvalue weighted by Crippen LogP contribution is 1.96. The average molecular weight is 207 g/mol. The summed E-state index contributed by atoms with van der Waals surface area (Å²) in [5.74, 6) is 0. The summed E-state index contributed by atoms with van der Waals surface area (Å²) >= 11 is 0. The Morgan fingerprint density at radius 3 is 2.54 bits per heavy atom. The molecule has 0 fully saturated rings. The largest absolute Gasteiger partial charge is 0.351 e. The topological polar surface area (TPSA) is 92.5 Å². The maximum absolute atomic E-state index is 11.2. The smallest absolute Gasteiger partial charge is 0.326 e. The fraction of sp³-hybridized carbons (Fsp3) is 0.500. The average Bonchev–Trinajstić information content (AvgIpc) is 1.97. The van der Waals surface area contributed by atoms with Gasteiger partial charge in [0.05, 0.1) is 0 Å². The number of nitrogens with zero attached hydrogens (tertiary/aromatic N) is 1. The second kappa shape index (κ2) is 4.83. The van der Waals surface area contributed by atoms with Crippen LogP contribution in [0.1, 0.15) is 6.92 Å². The normalized spacial score (nSPS) is 11.2. The third-order valence-electron chi connectivity index (χ3n) is 1.25. The number of urea groups is 1. The minimum absolute atomic E-state index is 0.138. The van der Waals surface area contributed by atoms with Gasteiger partial charge in [0.2, 0.25) is 0 Å². The Labute approximate surface area is 77.6 Å². The summed E-state index contributed by atoms with van der Waals surface area (Å²) in [6, 6.07) is -1.09. The molecule has 0 heterocycles. The predicted octanol–water partition coefficient (Wildman–Crippen LogP) is -0.593. The van der Waals surface area contributed by atoms with Crippen molar-refractivity contribution in [1.82, 2.24) is 9.03 Å². The highest BCUT2D eigenvalue weighted by Gasteiger charge is 2.19. The summed E-state index contributed by atoms with van der Waals surface area (Å²) in [5.41, 5.74) is 4.69. The van der Waals surface area contributed by atoms with Crippen molar-refractivity contribution in [3.8, 4) is 0 Å². The number of hydrogen-bond acceptors (Lipinski definition) is 3. The van der Waals surface area contributed by atoms with Gasteiger partial charge in [0, 0.05) is 13.1 Å². The highest BCUT2D eigenvalue weighted by atomic mass is 32.2. The van der Waals surface area contributed by atoms with Crippen molar-refractivity contribution in [2.75, 3.05) is 13.1 Å². The molecule has 13 heavy (non-hydrogen) atoms. The molecule has 0 aliphatic rings. The molecule has 0 unspecified atom stereocenters. The van der Waals surface area contributed by atoms with Gasteiger partial charge in [-0.15, -0.1) is 6.58 Å². The first-order chi connectivity index (χ1) is 5.94. The number of hydrogen-bond donors (Lipinski definition) is 2. The van der Waals surface area contributed by atoms with Crippen molar-refractivity contribution >= 4 is 16.2 Å². The lowest BCUT2D eigenvalue weighted by Crippen LogP contribution is -2.45. The van der Waals surface area contributed by atoms with E-state index in [1.165, 1.54) is 6.08 Å². The molecule has 0 bridgehead atoms. The van der Waals surface area contributed by atoms with Gasteiger partial charge in [0.25, 0.3) is 0 Å². The minimum atomic E-state index is -3.80. The molecule has 7 heteroatoms. The molecule has 0 saturated carbocycles. The van der Waals surface area contributed by atoms with Crippen LogP contribution in [-0.4, -0.2) is 31.8 Å². The van der Waals surface area contributed by atoms with Gasteiger partial charge in [-0.1, -0.05) is 13.0 Å². The van der Waals surface area contributed by atoms with Crippen molar-refractivity contribution in [1.29, 1.82) is 0 Å². The number of amides is 2. The van der Waals surface area contributed by atoms with Crippen LogP contribution in [0.3, 0.4) is 0 Å². The Morgan fingerprint density at radius 2 is 2.23 bits per heavy atom. The third kappa shape index (κ3) is 3.90. The monoisotopic (exact) mass is 207 g/mol. The van der Waals surface area contributed by atoms with Gasteiger partial charge >= 0.3 is 16.2 Å². The fourth-order valence-electron chi connectivity index (χ4n) is 0.733. The minimum Gasteiger partial charge on any atom is -0.351 e. The maximum Gasteiger partial charge on any atom is 0.326 e. The molecule has 0 aliphatic carbocycles. The maximum atomic E-state index is 11.2. The van der Waals surface area contributed by atoms with Gasteiger partial charge in [-0.3, -0.25) is 0 Å². The molecule has 0 saturated heterocycles. The van der Waals surface area contributed by atoms with E-state index in [0.29, 0.717) is 0 Å². The van der Waals surface area contributed by atoms with Gasteiger partial charge in [-0.2, -0.15) is 12.7 Å². The first-order valence-electron chi connectivity index (χ1n) is 3.62. The molecule has 0 aromatic carbocycles. The molecule has 0 aliphatic heterocycles. The van der Waals surface area contributed by atoms with Crippen LogP contribution in [0.25, 0.3) is 0 Å². The van der Waals surface area contributed by atoms with Crippen LogP contribution in [0.15, 0.2) is 12.7 Å². The highest BCUT2D eigenvalue weighted by molar-refractivity contribution is 7.87. The molecule has 76 valence electrons. The number of carbonyl (C=O) groups excluding carboxylic acids is 1. The molecule has 0 aromatic heterocycles. The van der Waals surface area contributed by atoms with Crippen LogP contribution in [0, 0.1) is 0 Å². The summed E-state index contributed by atoms with van der Waals surface area (Å²) in [7, 11) is -3.80. The lowest BCUT2D eigenvalue weighted by Gasteiger charge is -2.17. The molecular formula is C6H13N3O3S. The Hall–Kier alpha value is -1.08. The second-order valence-corrected chi connectivity index (χ2v) is 3.88. The Bertz CT molecular complexity index is 285. The molecule has 0 aromatic rings. The standard InChI is InChI=1S/C6H13N3O3S/c1-3-5-9(4-2)13(11,12)8-6(7)10/h3H,1,4-5H2,2H3,(H3,7,8,10). The molecule has 6 nitrogen and oxygen atoms in total. The van der Waals surface area contributed by atoms with Crippen LogP contribution in [-0.2, 0) is 10.2 Å². The van der Waals surface area contributed by atoms with Gasteiger partial charge in [-0.25, -0.2) is 9.52 Å². The fourth-order valence-corrected chi connectivity index (χ4v) is 1.76. The second-order valence-electron chi connectivity index (χ2n) is 2.21. The molecule has 3 N–H and O–H groups in total.